The molecule has 1 fully saturated rings. The van der Waals surface area contributed by atoms with E-state index in [-0.39, 0.29) is 23.9 Å². The Morgan fingerprint density at radius 2 is 1.90 bits per heavy atom. The van der Waals surface area contributed by atoms with Gasteiger partial charge in [-0.15, -0.1) is 0 Å². The Labute approximate surface area is 171 Å². The molecule has 0 aliphatic carbocycles. The van der Waals surface area contributed by atoms with Crippen LogP contribution in [0.25, 0.3) is 16.6 Å². The minimum atomic E-state index is -0.631. The Kier molecular flexibility index (Phi) is 5.31. The van der Waals surface area contributed by atoms with Crippen LogP contribution < -0.4 is 5.56 Å². The van der Waals surface area contributed by atoms with Crippen molar-refractivity contribution in [2.75, 3.05) is 6.54 Å². The SMILES string of the molecule is CC(=O)N1CCCC1C(=O)OCc1nc2ccccc2c(=O)n1-c1ccc(F)cc1. The lowest BCUT2D eigenvalue weighted by Gasteiger charge is -2.22. The number of hydrogen-bond acceptors (Lipinski definition) is 5. The molecule has 4 rings (SSSR count). The van der Waals surface area contributed by atoms with Crippen LogP contribution in [0.1, 0.15) is 25.6 Å². The van der Waals surface area contributed by atoms with Crippen molar-refractivity contribution in [2.45, 2.75) is 32.4 Å². The first-order valence-electron chi connectivity index (χ1n) is 9.66. The molecule has 1 unspecified atom stereocenters. The van der Waals surface area contributed by atoms with Crippen LogP contribution in [-0.2, 0) is 20.9 Å². The van der Waals surface area contributed by atoms with Crippen molar-refractivity contribution in [3.63, 3.8) is 0 Å². The number of para-hydroxylation sites is 1. The Bertz CT molecular complexity index is 1170. The third-order valence-electron chi connectivity index (χ3n) is 5.20. The molecule has 1 atom stereocenters. The second-order valence-corrected chi connectivity index (χ2v) is 7.14. The van der Waals surface area contributed by atoms with E-state index in [9.17, 15) is 18.8 Å². The van der Waals surface area contributed by atoms with Gasteiger partial charge < -0.3 is 9.64 Å². The van der Waals surface area contributed by atoms with Crippen LogP contribution in [0.5, 0.6) is 0 Å². The summed E-state index contributed by atoms with van der Waals surface area (Å²) in [6.07, 6.45) is 1.27. The summed E-state index contributed by atoms with van der Waals surface area (Å²) in [5.41, 5.74) is 0.541. The van der Waals surface area contributed by atoms with Crippen LogP contribution in [0.2, 0.25) is 0 Å². The second-order valence-electron chi connectivity index (χ2n) is 7.14. The normalized spacial score (nSPS) is 16.1. The second kappa shape index (κ2) is 8.06. The summed E-state index contributed by atoms with van der Waals surface area (Å²) in [5.74, 6) is -0.928. The molecular weight excluding hydrogens is 389 g/mol. The van der Waals surface area contributed by atoms with Gasteiger partial charge in [0.25, 0.3) is 5.56 Å². The molecule has 1 aliphatic heterocycles. The molecule has 2 aromatic carbocycles. The third-order valence-corrected chi connectivity index (χ3v) is 5.20. The van der Waals surface area contributed by atoms with Gasteiger partial charge in [0.1, 0.15) is 18.5 Å². The standard InChI is InChI=1S/C22H20FN3O4/c1-14(27)25-12-4-7-19(25)22(29)30-13-20-24-18-6-3-2-5-17(18)21(28)26(20)16-10-8-15(23)9-11-16/h2-3,5-6,8-11,19H,4,7,12-13H2,1H3. The monoisotopic (exact) mass is 409 g/mol. The zero-order valence-electron chi connectivity index (χ0n) is 16.4. The number of esters is 1. The summed E-state index contributed by atoms with van der Waals surface area (Å²) in [7, 11) is 0. The molecule has 154 valence electrons. The molecule has 0 spiro atoms. The van der Waals surface area contributed by atoms with Crippen molar-refractivity contribution >= 4 is 22.8 Å². The summed E-state index contributed by atoms with van der Waals surface area (Å²) in [4.78, 5) is 43.4. The van der Waals surface area contributed by atoms with Crippen LogP contribution in [0.4, 0.5) is 4.39 Å². The fourth-order valence-electron chi connectivity index (χ4n) is 3.75. The summed E-state index contributed by atoms with van der Waals surface area (Å²) < 4.78 is 20.1. The third kappa shape index (κ3) is 3.68. The number of amides is 1. The molecule has 0 saturated carbocycles. The molecule has 1 saturated heterocycles. The number of carbonyl (C=O) groups excluding carboxylic acids is 2. The maximum absolute atomic E-state index is 13.4. The number of nitrogens with zero attached hydrogens (tertiary/aromatic N) is 3. The summed E-state index contributed by atoms with van der Waals surface area (Å²) in [6, 6.07) is 11.6. The van der Waals surface area contributed by atoms with Gasteiger partial charge in [-0.3, -0.25) is 14.2 Å². The van der Waals surface area contributed by atoms with E-state index in [1.807, 2.05) is 0 Å². The van der Waals surface area contributed by atoms with Gasteiger partial charge in [-0.25, -0.2) is 14.2 Å². The van der Waals surface area contributed by atoms with Crippen LogP contribution in [0, 0.1) is 5.82 Å². The van der Waals surface area contributed by atoms with Crippen LogP contribution in [-0.4, -0.2) is 38.9 Å². The predicted molar refractivity (Wildman–Crippen MR) is 108 cm³/mol. The molecule has 1 amide bonds. The highest BCUT2D eigenvalue weighted by Gasteiger charge is 2.33. The zero-order valence-corrected chi connectivity index (χ0v) is 16.4. The van der Waals surface area contributed by atoms with Gasteiger partial charge in [0.2, 0.25) is 5.91 Å². The average Bonchev–Trinajstić information content (AvgIpc) is 3.24. The number of hydrogen-bond donors (Lipinski definition) is 0. The van der Waals surface area contributed by atoms with E-state index in [1.165, 1.54) is 40.7 Å². The van der Waals surface area contributed by atoms with E-state index in [4.69, 9.17) is 4.74 Å². The van der Waals surface area contributed by atoms with Crippen molar-refractivity contribution in [2.24, 2.45) is 0 Å². The number of ether oxygens (including phenoxy) is 1. The number of fused-ring (bicyclic) bond motifs is 1. The molecule has 0 radical (unpaired) electrons. The van der Waals surface area contributed by atoms with E-state index < -0.39 is 17.8 Å². The van der Waals surface area contributed by atoms with E-state index in [1.54, 1.807) is 24.3 Å². The topological polar surface area (TPSA) is 81.5 Å². The number of halogens is 1. The van der Waals surface area contributed by atoms with Gasteiger partial charge in [0.15, 0.2) is 5.82 Å². The van der Waals surface area contributed by atoms with Crippen molar-refractivity contribution < 1.29 is 18.7 Å². The van der Waals surface area contributed by atoms with E-state index in [0.717, 1.165) is 6.42 Å². The van der Waals surface area contributed by atoms with Crippen molar-refractivity contribution in [3.05, 3.63) is 70.5 Å². The van der Waals surface area contributed by atoms with Crippen molar-refractivity contribution in [3.8, 4) is 5.69 Å². The first-order valence-corrected chi connectivity index (χ1v) is 9.66. The molecule has 0 N–H and O–H groups in total. The predicted octanol–water partition coefficient (Wildman–Crippen LogP) is 2.58. The molecule has 8 heteroatoms. The van der Waals surface area contributed by atoms with Gasteiger partial charge >= 0.3 is 5.97 Å². The number of aromatic nitrogens is 2. The summed E-state index contributed by atoms with van der Waals surface area (Å²) in [6.45, 7) is 1.69. The van der Waals surface area contributed by atoms with Crippen LogP contribution in [0.15, 0.2) is 53.3 Å². The smallest absolute Gasteiger partial charge is 0.329 e. The maximum Gasteiger partial charge on any atom is 0.329 e. The highest BCUT2D eigenvalue weighted by molar-refractivity contribution is 5.84. The van der Waals surface area contributed by atoms with Crippen molar-refractivity contribution in [1.29, 1.82) is 0 Å². The molecule has 1 aliphatic rings. The van der Waals surface area contributed by atoms with E-state index in [2.05, 4.69) is 4.98 Å². The minimum absolute atomic E-state index is 0.179. The van der Waals surface area contributed by atoms with Gasteiger partial charge in [-0.2, -0.15) is 0 Å². The Morgan fingerprint density at radius 3 is 2.63 bits per heavy atom. The molecule has 7 nitrogen and oxygen atoms in total. The quantitative estimate of drug-likeness (QED) is 0.619. The molecule has 1 aromatic heterocycles. The molecule has 30 heavy (non-hydrogen) atoms. The number of carbonyl (C=O) groups is 2. The van der Waals surface area contributed by atoms with E-state index >= 15 is 0 Å². The van der Waals surface area contributed by atoms with E-state index in [0.29, 0.717) is 29.6 Å². The Morgan fingerprint density at radius 1 is 1.17 bits per heavy atom. The van der Waals surface area contributed by atoms with Gasteiger partial charge in [-0.1, -0.05) is 12.1 Å². The Balaban J connectivity index is 1.70. The van der Waals surface area contributed by atoms with Gasteiger partial charge in [0, 0.05) is 13.5 Å². The highest BCUT2D eigenvalue weighted by Crippen LogP contribution is 2.20. The lowest BCUT2D eigenvalue weighted by molar-refractivity contribution is -0.154. The number of benzene rings is 2. The van der Waals surface area contributed by atoms with Gasteiger partial charge in [0.05, 0.1) is 16.6 Å². The first-order chi connectivity index (χ1) is 14.5. The largest absolute Gasteiger partial charge is 0.456 e. The van der Waals surface area contributed by atoms with Gasteiger partial charge in [-0.05, 0) is 49.2 Å². The maximum atomic E-state index is 13.4. The highest BCUT2D eigenvalue weighted by atomic mass is 19.1. The first kappa shape index (κ1) is 19.8. The lowest BCUT2D eigenvalue weighted by Crippen LogP contribution is -2.40. The molecular formula is C22H20FN3O4. The summed E-state index contributed by atoms with van der Waals surface area (Å²) in [5, 5.41) is 0.399. The number of likely N-dealkylation sites (tertiary alicyclic amines) is 1. The Hall–Kier alpha value is -3.55. The van der Waals surface area contributed by atoms with Crippen molar-refractivity contribution in [1.82, 2.24) is 14.5 Å². The lowest BCUT2D eigenvalue weighted by atomic mass is 10.2. The summed E-state index contributed by atoms with van der Waals surface area (Å²) >= 11 is 0. The molecule has 0 bridgehead atoms. The average molecular weight is 409 g/mol. The van der Waals surface area contributed by atoms with Crippen LogP contribution in [0.3, 0.4) is 0 Å². The molecule has 3 aromatic rings. The molecule has 2 heterocycles. The fraction of sp³-hybridized carbons (Fsp3) is 0.273. The zero-order chi connectivity index (χ0) is 21.3. The fourth-order valence-corrected chi connectivity index (χ4v) is 3.75. The minimum Gasteiger partial charge on any atom is -0.456 e. The van der Waals surface area contributed by atoms with Crippen LogP contribution >= 0.6 is 0 Å². The number of rotatable bonds is 4.